The molecule has 122 valence electrons. The molecule has 0 radical (unpaired) electrons. The molecular weight excluding hydrogens is 397 g/mol. The first kappa shape index (κ1) is 17.8. The fraction of sp³-hybridized carbons (Fsp3) is 0.316. The fourth-order valence-corrected chi connectivity index (χ4v) is 2.93. The summed E-state index contributed by atoms with van der Waals surface area (Å²) in [7, 11) is 0. The molecule has 0 amide bonds. The van der Waals surface area contributed by atoms with Crippen molar-refractivity contribution < 1.29 is 0 Å². The van der Waals surface area contributed by atoms with Gasteiger partial charge in [-0.25, -0.2) is 0 Å². The molecule has 0 saturated carbocycles. The summed E-state index contributed by atoms with van der Waals surface area (Å²) < 4.78 is 0. The lowest BCUT2D eigenvalue weighted by atomic mass is 9.98. The van der Waals surface area contributed by atoms with Gasteiger partial charge in [-0.3, -0.25) is 5.41 Å². The maximum Gasteiger partial charge on any atom is 0.191 e. The van der Waals surface area contributed by atoms with Crippen LogP contribution in [-0.2, 0) is 0 Å². The van der Waals surface area contributed by atoms with Gasteiger partial charge in [0.2, 0.25) is 0 Å². The number of benzene rings is 2. The smallest absolute Gasteiger partial charge is 0.191 e. The third-order valence-corrected chi connectivity index (χ3v) is 4.25. The van der Waals surface area contributed by atoms with Gasteiger partial charge in [-0.1, -0.05) is 60.2 Å². The fourth-order valence-electron chi connectivity index (χ4n) is 2.93. The number of nitrogens with one attached hydrogen (secondary N) is 2. The largest absolute Gasteiger partial charge is 0.345 e. The average molecular weight is 421 g/mol. The molecule has 0 spiro atoms. The Labute approximate surface area is 155 Å². The Morgan fingerprint density at radius 1 is 0.957 bits per heavy atom. The van der Waals surface area contributed by atoms with Crippen molar-refractivity contribution in [3.8, 4) is 0 Å². The number of hydrogen-bond donors (Lipinski definition) is 2. The Morgan fingerprint density at radius 3 is 2.13 bits per heavy atom. The lowest BCUT2D eigenvalue weighted by Crippen LogP contribution is -2.41. The van der Waals surface area contributed by atoms with E-state index in [1.807, 2.05) is 6.07 Å². The maximum atomic E-state index is 8.37. The van der Waals surface area contributed by atoms with Crippen LogP contribution in [0.25, 0.3) is 0 Å². The third-order valence-electron chi connectivity index (χ3n) is 4.25. The van der Waals surface area contributed by atoms with Gasteiger partial charge in [-0.2, -0.15) is 0 Å². The summed E-state index contributed by atoms with van der Waals surface area (Å²) in [5, 5.41) is 11.8. The van der Waals surface area contributed by atoms with Crippen molar-refractivity contribution in [3.63, 3.8) is 0 Å². The number of hydrogen-bond acceptors (Lipinski definition) is 1. The van der Waals surface area contributed by atoms with Crippen molar-refractivity contribution in [3.05, 3.63) is 71.3 Å². The molecule has 1 heterocycles. The van der Waals surface area contributed by atoms with Crippen LogP contribution in [0.1, 0.15) is 35.6 Å². The first-order valence-corrected chi connectivity index (χ1v) is 7.95. The van der Waals surface area contributed by atoms with Gasteiger partial charge in [0.1, 0.15) is 0 Å². The molecule has 2 N–H and O–H groups in total. The minimum atomic E-state index is 0. The van der Waals surface area contributed by atoms with E-state index in [4.69, 9.17) is 5.41 Å². The summed E-state index contributed by atoms with van der Waals surface area (Å²) >= 11 is 0. The van der Waals surface area contributed by atoms with E-state index < -0.39 is 0 Å². The van der Waals surface area contributed by atoms with Gasteiger partial charge in [0.15, 0.2) is 5.96 Å². The second kappa shape index (κ2) is 8.34. The summed E-state index contributed by atoms with van der Waals surface area (Å²) in [5.74, 6) is 0.534. The molecule has 2 aromatic rings. The van der Waals surface area contributed by atoms with Gasteiger partial charge in [0.05, 0.1) is 6.04 Å². The van der Waals surface area contributed by atoms with Gasteiger partial charge in [-0.15, -0.1) is 24.0 Å². The van der Waals surface area contributed by atoms with Gasteiger partial charge in [0, 0.05) is 13.1 Å². The number of guanidine groups is 1. The zero-order valence-electron chi connectivity index (χ0n) is 13.5. The van der Waals surface area contributed by atoms with Crippen LogP contribution in [0.4, 0.5) is 0 Å². The molecule has 0 bridgehead atoms. The minimum absolute atomic E-state index is 0. The van der Waals surface area contributed by atoms with E-state index in [0.717, 1.165) is 13.1 Å². The standard InChI is InChI=1S/C19H23N3.HI/c1-15-9-11-17(12-10-15)18(16-7-3-2-4-8-16)21-19(20)22-13-5-6-14-22;/h2-4,7-12,18H,5-6,13-14H2,1H3,(H2,20,21);1H. The summed E-state index contributed by atoms with van der Waals surface area (Å²) in [6.45, 7) is 4.07. The second-order valence-electron chi connectivity index (χ2n) is 5.94. The van der Waals surface area contributed by atoms with Crippen LogP contribution in [0, 0.1) is 12.3 Å². The van der Waals surface area contributed by atoms with Gasteiger partial charge >= 0.3 is 0 Å². The number of aryl methyl sites for hydroxylation is 1. The number of likely N-dealkylation sites (tertiary alicyclic amines) is 1. The maximum absolute atomic E-state index is 8.37. The van der Waals surface area contributed by atoms with Crippen molar-refractivity contribution in [2.75, 3.05) is 13.1 Å². The molecule has 23 heavy (non-hydrogen) atoms. The van der Waals surface area contributed by atoms with E-state index in [9.17, 15) is 0 Å². The Kier molecular flexibility index (Phi) is 6.45. The first-order valence-electron chi connectivity index (χ1n) is 7.95. The van der Waals surface area contributed by atoms with Gasteiger partial charge in [-0.05, 0) is 30.9 Å². The van der Waals surface area contributed by atoms with Gasteiger partial charge in [0.25, 0.3) is 0 Å². The Balaban J connectivity index is 0.00000192. The van der Waals surface area contributed by atoms with Crippen molar-refractivity contribution in [1.29, 1.82) is 5.41 Å². The normalized spacial score (nSPS) is 14.9. The molecule has 3 nitrogen and oxygen atoms in total. The van der Waals surface area contributed by atoms with Crippen LogP contribution in [0.2, 0.25) is 0 Å². The molecule has 3 rings (SSSR count). The molecule has 1 fully saturated rings. The molecule has 4 heteroatoms. The topological polar surface area (TPSA) is 39.1 Å². The van der Waals surface area contributed by atoms with E-state index in [-0.39, 0.29) is 30.0 Å². The summed E-state index contributed by atoms with van der Waals surface area (Å²) in [5.41, 5.74) is 3.64. The predicted octanol–water partition coefficient (Wildman–Crippen LogP) is 4.32. The van der Waals surface area contributed by atoms with Crippen LogP contribution in [0.3, 0.4) is 0 Å². The Bertz CT molecular complexity index is 619. The van der Waals surface area contributed by atoms with Crippen LogP contribution in [0.5, 0.6) is 0 Å². The molecule has 0 aliphatic carbocycles. The molecule has 0 aromatic heterocycles. The number of nitrogens with zero attached hydrogens (tertiary/aromatic N) is 1. The van der Waals surface area contributed by atoms with Crippen molar-refractivity contribution in [1.82, 2.24) is 10.2 Å². The van der Waals surface area contributed by atoms with Crippen LogP contribution < -0.4 is 5.32 Å². The van der Waals surface area contributed by atoms with Crippen molar-refractivity contribution in [2.24, 2.45) is 0 Å². The Morgan fingerprint density at radius 2 is 1.52 bits per heavy atom. The van der Waals surface area contributed by atoms with E-state index in [1.165, 1.54) is 29.5 Å². The van der Waals surface area contributed by atoms with Crippen molar-refractivity contribution >= 4 is 29.9 Å². The molecule has 1 aliphatic rings. The second-order valence-corrected chi connectivity index (χ2v) is 5.94. The molecule has 2 aromatic carbocycles. The average Bonchev–Trinajstić information content (AvgIpc) is 3.09. The van der Waals surface area contributed by atoms with E-state index in [2.05, 4.69) is 65.7 Å². The van der Waals surface area contributed by atoms with E-state index in [0.29, 0.717) is 5.96 Å². The number of halogens is 1. The molecule has 1 unspecified atom stereocenters. The highest BCUT2D eigenvalue weighted by atomic mass is 127. The lowest BCUT2D eigenvalue weighted by molar-refractivity contribution is 0.482. The summed E-state index contributed by atoms with van der Waals surface area (Å²) in [4.78, 5) is 2.13. The highest BCUT2D eigenvalue weighted by Crippen LogP contribution is 2.23. The van der Waals surface area contributed by atoms with Crippen molar-refractivity contribution in [2.45, 2.75) is 25.8 Å². The minimum Gasteiger partial charge on any atom is -0.345 e. The van der Waals surface area contributed by atoms with Crippen LogP contribution in [0.15, 0.2) is 54.6 Å². The third kappa shape index (κ3) is 4.47. The monoisotopic (exact) mass is 421 g/mol. The quantitative estimate of drug-likeness (QED) is 0.440. The highest BCUT2D eigenvalue weighted by Gasteiger charge is 2.20. The lowest BCUT2D eigenvalue weighted by Gasteiger charge is -2.26. The molecule has 1 atom stereocenters. The zero-order valence-corrected chi connectivity index (χ0v) is 15.8. The van der Waals surface area contributed by atoms with E-state index >= 15 is 0 Å². The SMILES string of the molecule is Cc1ccc(C(NC(=N)N2CCCC2)c2ccccc2)cc1.I. The zero-order chi connectivity index (χ0) is 15.4. The molecular formula is C19H24IN3. The molecule has 1 aliphatic heterocycles. The highest BCUT2D eigenvalue weighted by molar-refractivity contribution is 14.0. The molecule has 1 saturated heterocycles. The van der Waals surface area contributed by atoms with E-state index in [1.54, 1.807) is 0 Å². The summed E-state index contributed by atoms with van der Waals surface area (Å²) in [6.07, 6.45) is 2.37. The van der Waals surface area contributed by atoms with Crippen LogP contribution in [-0.4, -0.2) is 23.9 Å². The Hall–Kier alpha value is -1.56. The number of rotatable bonds is 3. The summed E-state index contributed by atoms with van der Waals surface area (Å²) in [6, 6.07) is 19.0. The van der Waals surface area contributed by atoms with Crippen LogP contribution >= 0.6 is 24.0 Å². The first-order chi connectivity index (χ1) is 10.7. The predicted molar refractivity (Wildman–Crippen MR) is 107 cm³/mol. The van der Waals surface area contributed by atoms with Gasteiger partial charge < -0.3 is 10.2 Å².